The van der Waals surface area contributed by atoms with E-state index < -0.39 is 0 Å². The fourth-order valence-electron chi connectivity index (χ4n) is 3.77. The molecule has 29 heavy (non-hydrogen) atoms. The highest BCUT2D eigenvalue weighted by atomic mass is 32.2. The van der Waals surface area contributed by atoms with Crippen LogP contribution < -0.4 is 5.32 Å². The van der Waals surface area contributed by atoms with Gasteiger partial charge in [-0.25, -0.2) is 0 Å². The number of nitrogens with zero attached hydrogens (tertiary/aromatic N) is 5. The van der Waals surface area contributed by atoms with E-state index in [1.807, 2.05) is 46.4 Å². The summed E-state index contributed by atoms with van der Waals surface area (Å²) in [5.74, 6) is 0.617. The molecule has 4 rings (SSSR count). The molecule has 7 nitrogen and oxygen atoms in total. The topological polar surface area (TPSA) is 88.5 Å². The SMILES string of the molecule is CCn1cnnc1SCC(=O)Nc1c(C#N)c2c(n1-c1ccccc1)CCCC2. The Bertz CT molecular complexity index is 1060. The van der Waals surface area contributed by atoms with Gasteiger partial charge in [0.05, 0.1) is 11.3 Å². The van der Waals surface area contributed by atoms with Crippen LogP contribution in [0.2, 0.25) is 0 Å². The predicted octanol–water partition coefficient (Wildman–Crippen LogP) is 3.57. The lowest BCUT2D eigenvalue weighted by molar-refractivity contribution is -0.113. The maximum absolute atomic E-state index is 12.8. The summed E-state index contributed by atoms with van der Waals surface area (Å²) < 4.78 is 3.94. The number of aryl methyl sites for hydroxylation is 1. The summed E-state index contributed by atoms with van der Waals surface area (Å²) in [6, 6.07) is 12.2. The van der Waals surface area contributed by atoms with Crippen LogP contribution in [-0.4, -0.2) is 31.0 Å². The van der Waals surface area contributed by atoms with Gasteiger partial charge in [-0.2, -0.15) is 5.26 Å². The van der Waals surface area contributed by atoms with Gasteiger partial charge in [-0.3, -0.25) is 9.36 Å². The minimum absolute atomic E-state index is 0.163. The van der Waals surface area contributed by atoms with Gasteiger partial charge in [-0.05, 0) is 50.3 Å². The minimum atomic E-state index is -0.163. The summed E-state index contributed by atoms with van der Waals surface area (Å²) in [5, 5.41) is 21.5. The number of fused-ring (bicyclic) bond motifs is 1. The average Bonchev–Trinajstić information content (AvgIpc) is 3.34. The fraction of sp³-hybridized carbons (Fsp3) is 0.333. The molecular formula is C21H22N6OS. The number of nitriles is 1. The van der Waals surface area contributed by atoms with Crippen molar-refractivity contribution in [3.63, 3.8) is 0 Å². The van der Waals surface area contributed by atoms with Gasteiger partial charge in [0.25, 0.3) is 0 Å². The summed E-state index contributed by atoms with van der Waals surface area (Å²) in [4.78, 5) is 12.8. The summed E-state index contributed by atoms with van der Waals surface area (Å²) in [7, 11) is 0. The number of carbonyl (C=O) groups excluding carboxylic acids is 1. The Kier molecular flexibility index (Phi) is 5.67. The molecule has 1 aromatic carbocycles. The molecule has 0 atom stereocenters. The van der Waals surface area contributed by atoms with Crippen molar-refractivity contribution in [2.75, 3.05) is 11.1 Å². The van der Waals surface area contributed by atoms with E-state index in [0.29, 0.717) is 16.5 Å². The van der Waals surface area contributed by atoms with Gasteiger partial charge in [0.1, 0.15) is 18.2 Å². The van der Waals surface area contributed by atoms with Crippen molar-refractivity contribution in [2.45, 2.75) is 44.3 Å². The predicted molar refractivity (Wildman–Crippen MR) is 112 cm³/mol. The number of hydrogen-bond donors (Lipinski definition) is 1. The first-order chi connectivity index (χ1) is 14.2. The van der Waals surface area contributed by atoms with Crippen LogP contribution in [0.3, 0.4) is 0 Å². The quantitative estimate of drug-likeness (QED) is 0.632. The van der Waals surface area contributed by atoms with Crippen molar-refractivity contribution in [3.05, 3.63) is 53.5 Å². The Labute approximate surface area is 173 Å². The third-order valence-electron chi connectivity index (χ3n) is 5.11. The second-order valence-corrected chi connectivity index (χ2v) is 7.82. The molecule has 0 aliphatic heterocycles. The monoisotopic (exact) mass is 406 g/mol. The lowest BCUT2D eigenvalue weighted by atomic mass is 9.95. The van der Waals surface area contributed by atoms with Gasteiger partial charge in [0, 0.05) is 17.9 Å². The highest BCUT2D eigenvalue weighted by Crippen LogP contribution is 2.35. The van der Waals surface area contributed by atoms with Gasteiger partial charge in [-0.15, -0.1) is 10.2 Å². The summed E-state index contributed by atoms with van der Waals surface area (Å²) in [5.41, 5.74) is 3.74. The van der Waals surface area contributed by atoms with Crippen LogP contribution >= 0.6 is 11.8 Å². The molecule has 0 saturated carbocycles. The van der Waals surface area contributed by atoms with Crippen LogP contribution in [0.5, 0.6) is 0 Å². The molecular weight excluding hydrogens is 384 g/mol. The number of para-hydroxylation sites is 1. The highest BCUT2D eigenvalue weighted by Gasteiger charge is 2.26. The van der Waals surface area contributed by atoms with Gasteiger partial charge >= 0.3 is 0 Å². The van der Waals surface area contributed by atoms with E-state index in [-0.39, 0.29) is 11.7 Å². The molecule has 0 radical (unpaired) electrons. The molecule has 1 aliphatic rings. The van der Waals surface area contributed by atoms with Crippen LogP contribution in [0.25, 0.3) is 5.69 Å². The number of rotatable bonds is 6. The molecule has 8 heteroatoms. The molecule has 1 amide bonds. The summed E-state index contributed by atoms with van der Waals surface area (Å²) in [6.45, 7) is 2.75. The number of aromatic nitrogens is 4. The van der Waals surface area contributed by atoms with E-state index in [0.717, 1.165) is 49.2 Å². The lowest BCUT2D eigenvalue weighted by Crippen LogP contribution is -2.18. The zero-order valence-corrected chi connectivity index (χ0v) is 17.1. The van der Waals surface area contributed by atoms with Crippen molar-refractivity contribution in [1.29, 1.82) is 5.26 Å². The van der Waals surface area contributed by atoms with Crippen molar-refractivity contribution >= 4 is 23.5 Å². The smallest absolute Gasteiger partial charge is 0.236 e. The van der Waals surface area contributed by atoms with E-state index in [2.05, 4.69) is 21.6 Å². The standard InChI is InChI=1S/C21H22N6OS/c1-2-26-14-23-25-21(26)29-13-19(28)24-20-17(12-22)16-10-6-7-11-18(16)27(20)15-8-4-3-5-9-15/h3-5,8-9,14H,2,6-7,10-11,13H2,1H3,(H,24,28). The molecule has 3 aromatic rings. The molecule has 148 valence electrons. The van der Waals surface area contributed by atoms with Crippen molar-refractivity contribution in [3.8, 4) is 11.8 Å². The summed E-state index contributed by atoms with van der Waals surface area (Å²) in [6.07, 6.45) is 5.59. The maximum atomic E-state index is 12.8. The molecule has 1 N–H and O–H groups in total. The number of benzene rings is 1. The molecule has 0 bridgehead atoms. The number of anilines is 1. The van der Waals surface area contributed by atoms with E-state index >= 15 is 0 Å². The van der Waals surface area contributed by atoms with Crippen LogP contribution in [0, 0.1) is 11.3 Å². The Morgan fingerprint density at radius 2 is 2.07 bits per heavy atom. The Morgan fingerprint density at radius 3 is 2.83 bits per heavy atom. The maximum Gasteiger partial charge on any atom is 0.236 e. The number of carbonyl (C=O) groups is 1. The fourth-order valence-corrected chi connectivity index (χ4v) is 4.55. The molecule has 2 heterocycles. The lowest BCUT2D eigenvalue weighted by Gasteiger charge is -2.17. The van der Waals surface area contributed by atoms with Crippen molar-refractivity contribution in [2.24, 2.45) is 0 Å². The van der Waals surface area contributed by atoms with E-state index in [1.165, 1.54) is 11.8 Å². The third-order valence-corrected chi connectivity index (χ3v) is 6.09. The first kappa shape index (κ1) is 19.3. The van der Waals surface area contributed by atoms with Gasteiger partial charge in [0.15, 0.2) is 5.16 Å². The van der Waals surface area contributed by atoms with Crippen LogP contribution in [0.15, 0.2) is 41.8 Å². The first-order valence-corrected chi connectivity index (χ1v) is 10.7. The molecule has 0 unspecified atom stereocenters. The molecule has 2 aromatic heterocycles. The zero-order chi connectivity index (χ0) is 20.2. The third kappa shape index (κ3) is 3.78. The van der Waals surface area contributed by atoms with E-state index in [9.17, 15) is 10.1 Å². The zero-order valence-electron chi connectivity index (χ0n) is 16.3. The van der Waals surface area contributed by atoms with Gasteiger partial charge < -0.3 is 9.88 Å². The van der Waals surface area contributed by atoms with Crippen LogP contribution in [-0.2, 0) is 24.2 Å². The molecule has 0 fully saturated rings. The number of hydrogen-bond acceptors (Lipinski definition) is 5. The van der Waals surface area contributed by atoms with Crippen molar-refractivity contribution in [1.82, 2.24) is 19.3 Å². The van der Waals surface area contributed by atoms with E-state index in [4.69, 9.17) is 0 Å². The Morgan fingerprint density at radius 1 is 1.28 bits per heavy atom. The van der Waals surface area contributed by atoms with Gasteiger partial charge in [-0.1, -0.05) is 30.0 Å². The first-order valence-electron chi connectivity index (χ1n) is 9.75. The Hall–Kier alpha value is -3.05. The summed E-state index contributed by atoms with van der Waals surface area (Å²) >= 11 is 1.34. The van der Waals surface area contributed by atoms with Crippen LogP contribution in [0.1, 0.15) is 36.6 Å². The normalized spacial score (nSPS) is 13.0. The van der Waals surface area contributed by atoms with Crippen LogP contribution in [0.4, 0.5) is 5.82 Å². The van der Waals surface area contributed by atoms with Crippen molar-refractivity contribution < 1.29 is 4.79 Å². The number of thioether (sulfide) groups is 1. The molecule has 1 aliphatic carbocycles. The highest BCUT2D eigenvalue weighted by molar-refractivity contribution is 7.99. The number of nitrogens with one attached hydrogen (secondary N) is 1. The largest absolute Gasteiger partial charge is 0.310 e. The number of amides is 1. The minimum Gasteiger partial charge on any atom is -0.310 e. The molecule has 0 saturated heterocycles. The Balaban J connectivity index is 1.65. The second kappa shape index (κ2) is 8.53. The average molecular weight is 407 g/mol. The molecule has 0 spiro atoms. The van der Waals surface area contributed by atoms with E-state index in [1.54, 1.807) is 6.33 Å². The second-order valence-electron chi connectivity index (χ2n) is 6.88. The van der Waals surface area contributed by atoms with Gasteiger partial charge in [0.2, 0.25) is 5.91 Å².